The zero-order valence-electron chi connectivity index (χ0n) is 22.5. The molecule has 2 aromatic heterocycles. The average Bonchev–Trinajstić information content (AvgIpc) is 3.24. The first-order valence-corrected chi connectivity index (χ1v) is 12.2. The number of aromatic amines is 1. The van der Waals surface area contributed by atoms with Gasteiger partial charge < -0.3 is 30.6 Å². The van der Waals surface area contributed by atoms with Gasteiger partial charge in [0.05, 0.1) is 17.6 Å². The molecular formula is C28H33N7O3. The number of hydrogen-bond acceptors (Lipinski definition) is 7. The maximum Gasteiger partial charge on any atom is 0.269 e. The van der Waals surface area contributed by atoms with Gasteiger partial charge in [0.1, 0.15) is 17.2 Å². The van der Waals surface area contributed by atoms with E-state index in [4.69, 9.17) is 4.74 Å². The fourth-order valence-corrected chi connectivity index (χ4v) is 3.97. The van der Waals surface area contributed by atoms with Gasteiger partial charge in [-0.1, -0.05) is 26.8 Å². The molecule has 0 atom stereocenters. The van der Waals surface area contributed by atoms with Crippen LogP contribution in [0.15, 0.2) is 54.7 Å². The van der Waals surface area contributed by atoms with Crippen LogP contribution in [-0.4, -0.2) is 59.4 Å². The van der Waals surface area contributed by atoms with E-state index in [0.29, 0.717) is 24.0 Å². The van der Waals surface area contributed by atoms with Crippen LogP contribution in [0.4, 0.5) is 17.3 Å². The van der Waals surface area contributed by atoms with Crippen molar-refractivity contribution < 1.29 is 14.3 Å². The molecule has 0 radical (unpaired) electrons. The van der Waals surface area contributed by atoms with Gasteiger partial charge in [-0.25, -0.2) is 4.98 Å². The average molecular weight is 516 g/mol. The monoisotopic (exact) mass is 515 g/mol. The number of rotatable bonds is 8. The Bertz CT molecular complexity index is 1470. The second-order valence-electron chi connectivity index (χ2n) is 10.2. The van der Waals surface area contributed by atoms with Crippen LogP contribution < -0.4 is 20.7 Å². The van der Waals surface area contributed by atoms with Crippen LogP contribution >= 0.6 is 0 Å². The molecule has 0 saturated heterocycles. The molecule has 0 spiro atoms. The molecule has 0 aliphatic carbocycles. The number of fused-ring (bicyclic) bond motifs is 1. The zero-order valence-corrected chi connectivity index (χ0v) is 22.5. The molecule has 4 rings (SSSR count). The highest BCUT2D eigenvalue weighted by Crippen LogP contribution is 2.33. The summed E-state index contributed by atoms with van der Waals surface area (Å²) in [5, 5.41) is 8.90. The first-order valence-electron chi connectivity index (χ1n) is 12.2. The van der Waals surface area contributed by atoms with Crippen molar-refractivity contribution in [3.63, 3.8) is 0 Å². The van der Waals surface area contributed by atoms with E-state index < -0.39 is 0 Å². The number of benzene rings is 2. The van der Waals surface area contributed by atoms with E-state index in [1.807, 2.05) is 55.4 Å². The number of imidazole rings is 1. The van der Waals surface area contributed by atoms with Crippen LogP contribution in [-0.2, 0) is 10.2 Å². The summed E-state index contributed by atoms with van der Waals surface area (Å²) in [4.78, 5) is 38.1. The minimum Gasteiger partial charge on any atom is -0.457 e. The van der Waals surface area contributed by atoms with Crippen LogP contribution in [0.2, 0.25) is 0 Å². The van der Waals surface area contributed by atoms with Crippen LogP contribution in [0.3, 0.4) is 0 Å². The number of nitrogens with zero attached hydrogens (tertiary/aromatic N) is 3. The lowest BCUT2D eigenvalue weighted by molar-refractivity contribution is -0.116. The topological polar surface area (TPSA) is 124 Å². The summed E-state index contributed by atoms with van der Waals surface area (Å²) < 4.78 is 5.94. The lowest BCUT2D eigenvalue weighted by Crippen LogP contribution is -2.28. The summed E-state index contributed by atoms with van der Waals surface area (Å²) in [6.07, 6.45) is 1.53. The van der Waals surface area contributed by atoms with Gasteiger partial charge in [0.25, 0.3) is 5.91 Å². The quantitative estimate of drug-likeness (QED) is 0.269. The summed E-state index contributed by atoms with van der Waals surface area (Å²) >= 11 is 0. The Morgan fingerprint density at radius 1 is 1.03 bits per heavy atom. The maximum absolute atomic E-state index is 12.5. The Kier molecular flexibility index (Phi) is 7.63. The third-order valence-corrected chi connectivity index (χ3v) is 5.70. The van der Waals surface area contributed by atoms with Gasteiger partial charge in [0, 0.05) is 36.8 Å². The fraction of sp³-hybridized carbons (Fsp3) is 0.286. The summed E-state index contributed by atoms with van der Waals surface area (Å²) in [7, 11) is 5.27. The predicted molar refractivity (Wildman–Crippen MR) is 149 cm³/mol. The van der Waals surface area contributed by atoms with Gasteiger partial charge in [0.15, 0.2) is 0 Å². The highest BCUT2D eigenvalue weighted by atomic mass is 16.5. The van der Waals surface area contributed by atoms with Gasteiger partial charge in [0.2, 0.25) is 11.9 Å². The highest BCUT2D eigenvalue weighted by Gasteiger charge is 2.20. The molecule has 0 unspecified atom stereocenters. The molecule has 198 valence electrons. The minimum absolute atomic E-state index is 0.0782. The van der Waals surface area contributed by atoms with Crippen molar-refractivity contribution in [1.82, 2.24) is 25.2 Å². The van der Waals surface area contributed by atoms with Gasteiger partial charge in [-0.05, 0) is 55.4 Å². The standard InChI is InChI=1S/C28H33N7O3/c1-28(2,3)20-9-7-17(13-22(20)32-25(36)16-35(5)6)31-27-33-21-10-8-18(14-23(21)34-27)38-19-11-12-30-24(15-19)26(37)29-4/h7-15H,16H2,1-6H3,(H,29,37)(H,32,36)(H2,31,33,34). The summed E-state index contributed by atoms with van der Waals surface area (Å²) in [6.45, 7) is 6.63. The molecule has 0 aliphatic heterocycles. The first kappa shape index (κ1) is 26.6. The van der Waals surface area contributed by atoms with Crippen molar-refractivity contribution in [3.05, 3.63) is 66.0 Å². The van der Waals surface area contributed by atoms with E-state index in [1.54, 1.807) is 19.2 Å². The van der Waals surface area contributed by atoms with E-state index in [0.717, 1.165) is 28.0 Å². The number of nitrogens with one attached hydrogen (secondary N) is 4. The Morgan fingerprint density at radius 3 is 2.50 bits per heavy atom. The minimum atomic E-state index is -0.286. The van der Waals surface area contributed by atoms with Gasteiger partial charge in [-0.3, -0.25) is 14.6 Å². The van der Waals surface area contributed by atoms with Crippen LogP contribution in [0.5, 0.6) is 11.5 Å². The van der Waals surface area contributed by atoms with Crippen molar-refractivity contribution in [1.29, 1.82) is 0 Å². The number of carbonyl (C=O) groups excluding carboxylic acids is 2. The molecule has 2 heterocycles. The van der Waals surface area contributed by atoms with Crippen molar-refractivity contribution in [3.8, 4) is 11.5 Å². The molecule has 0 saturated carbocycles. The smallest absolute Gasteiger partial charge is 0.269 e. The second kappa shape index (κ2) is 10.9. The number of likely N-dealkylation sites (N-methyl/N-ethyl adjacent to an activating group) is 1. The number of pyridine rings is 1. The van der Waals surface area contributed by atoms with Crippen molar-refractivity contribution in [2.45, 2.75) is 26.2 Å². The van der Waals surface area contributed by atoms with E-state index in [9.17, 15) is 9.59 Å². The van der Waals surface area contributed by atoms with Crippen molar-refractivity contribution in [2.24, 2.45) is 0 Å². The van der Waals surface area contributed by atoms with E-state index in [1.165, 1.54) is 6.20 Å². The third-order valence-electron chi connectivity index (χ3n) is 5.70. The zero-order chi connectivity index (χ0) is 27.4. The van der Waals surface area contributed by atoms with Gasteiger partial charge in [-0.15, -0.1) is 0 Å². The van der Waals surface area contributed by atoms with E-state index >= 15 is 0 Å². The number of hydrogen-bond donors (Lipinski definition) is 4. The summed E-state index contributed by atoms with van der Waals surface area (Å²) in [5.41, 5.74) is 4.24. The molecule has 2 amide bonds. The largest absolute Gasteiger partial charge is 0.457 e. The lowest BCUT2D eigenvalue weighted by Gasteiger charge is -2.24. The molecular weight excluding hydrogens is 482 g/mol. The van der Waals surface area contributed by atoms with Crippen molar-refractivity contribution >= 4 is 40.2 Å². The Hall–Kier alpha value is -4.44. The molecule has 0 aliphatic rings. The predicted octanol–water partition coefficient (Wildman–Crippen LogP) is 4.65. The number of H-pyrrole nitrogens is 1. The van der Waals surface area contributed by atoms with Gasteiger partial charge >= 0.3 is 0 Å². The highest BCUT2D eigenvalue weighted by molar-refractivity contribution is 5.94. The molecule has 2 aromatic carbocycles. The number of carbonyl (C=O) groups is 2. The SMILES string of the molecule is CNC(=O)c1cc(Oc2ccc3nc(Nc4ccc(C(C)(C)C)c(NC(=O)CN(C)C)c4)[nH]c3c2)ccn1. The van der Waals surface area contributed by atoms with Crippen LogP contribution in [0.1, 0.15) is 36.8 Å². The van der Waals surface area contributed by atoms with E-state index in [-0.39, 0.29) is 22.9 Å². The van der Waals surface area contributed by atoms with E-state index in [2.05, 4.69) is 51.7 Å². The molecule has 4 N–H and O–H groups in total. The number of anilines is 3. The summed E-state index contributed by atoms with van der Waals surface area (Å²) in [5.74, 6) is 1.27. The number of amides is 2. The second-order valence-corrected chi connectivity index (χ2v) is 10.2. The molecule has 10 heteroatoms. The molecule has 4 aromatic rings. The first-order chi connectivity index (χ1) is 18.0. The molecule has 10 nitrogen and oxygen atoms in total. The van der Waals surface area contributed by atoms with Crippen LogP contribution in [0, 0.1) is 0 Å². The molecule has 38 heavy (non-hydrogen) atoms. The van der Waals surface area contributed by atoms with Gasteiger partial charge in [-0.2, -0.15) is 0 Å². The Morgan fingerprint density at radius 2 is 1.79 bits per heavy atom. The summed E-state index contributed by atoms with van der Waals surface area (Å²) in [6, 6.07) is 14.7. The number of aromatic nitrogens is 3. The lowest BCUT2D eigenvalue weighted by atomic mass is 9.85. The molecule has 0 bridgehead atoms. The Labute approximate surface area is 221 Å². The Balaban J connectivity index is 1.55. The van der Waals surface area contributed by atoms with Crippen molar-refractivity contribution in [2.75, 3.05) is 38.3 Å². The maximum atomic E-state index is 12.5. The molecule has 0 fully saturated rings. The number of ether oxygens (including phenoxy) is 1. The van der Waals surface area contributed by atoms with Crippen LogP contribution in [0.25, 0.3) is 11.0 Å². The normalized spacial score (nSPS) is 11.4. The fourth-order valence-electron chi connectivity index (χ4n) is 3.97. The third kappa shape index (κ3) is 6.46.